The molecule has 4 rings (SSSR count). The van der Waals surface area contributed by atoms with Crippen molar-refractivity contribution in [3.8, 4) is 5.75 Å². The number of ether oxygens (including phenoxy) is 1. The van der Waals surface area contributed by atoms with Crippen molar-refractivity contribution in [3.63, 3.8) is 0 Å². The van der Waals surface area contributed by atoms with Crippen molar-refractivity contribution in [1.29, 1.82) is 0 Å². The summed E-state index contributed by atoms with van der Waals surface area (Å²) in [5.74, 6) is 2.56. The second-order valence-corrected chi connectivity index (χ2v) is 6.34. The molecule has 1 fully saturated rings. The van der Waals surface area contributed by atoms with Crippen LogP contribution in [0.5, 0.6) is 5.75 Å². The fraction of sp³-hybridized carbons (Fsp3) is 0.389. The number of rotatable bonds is 4. The highest BCUT2D eigenvalue weighted by Gasteiger charge is 2.22. The number of hydrogen-bond acceptors (Lipinski definition) is 6. The Balaban J connectivity index is 1.51. The maximum absolute atomic E-state index is 5.51. The van der Waals surface area contributed by atoms with E-state index in [9.17, 15) is 0 Å². The van der Waals surface area contributed by atoms with Crippen LogP contribution in [0.2, 0.25) is 0 Å². The van der Waals surface area contributed by atoms with Crippen molar-refractivity contribution in [2.24, 2.45) is 0 Å². The smallest absolute Gasteiger partial charge is 0.178 e. The summed E-state index contributed by atoms with van der Waals surface area (Å²) in [7, 11) is 1.72. The van der Waals surface area contributed by atoms with Crippen LogP contribution in [0.3, 0.4) is 0 Å². The second-order valence-electron chi connectivity index (χ2n) is 6.34. The number of benzene rings is 1. The summed E-state index contributed by atoms with van der Waals surface area (Å²) in [6.45, 7) is 3.86. The third-order valence-corrected chi connectivity index (χ3v) is 4.62. The summed E-state index contributed by atoms with van der Waals surface area (Å²) < 4.78 is 7.28. The maximum atomic E-state index is 5.51. The second kappa shape index (κ2) is 6.58. The lowest BCUT2D eigenvalue weighted by molar-refractivity contribution is 0.411. The van der Waals surface area contributed by atoms with Crippen LogP contribution in [0.4, 0.5) is 11.5 Å². The first-order valence-electron chi connectivity index (χ1n) is 8.58. The average molecular weight is 338 g/mol. The zero-order valence-electron chi connectivity index (χ0n) is 14.5. The predicted molar refractivity (Wildman–Crippen MR) is 97.4 cm³/mol. The molecule has 130 valence electrons. The van der Waals surface area contributed by atoms with Crippen LogP contribution >= 0.6 is 0 Å². The average Bonchev–Trinajstić information content (AvgIpc) is 3.02. The Kier molecular flexibility index (Phi) is 4.13. The zero-order valence-corrected chi connectivity index (χ0v) is 14.5. The van der Waals surface area contributed by atoms with Gasteiger partial charge in [-0.3, -0.25) is 0 Å². The van der Waals surface area contributed by atoms with E-state index < -0.39 is 0 Å². The fourth-order valence-corrected chi connectivity index (χ4v) is 3.39. The Hall–Kier alpha value is -2.83. The molecule has 0 bridgehead atoms. The van der Waals surface area contributed by atoms with Crippen LogP contribution in [-0.4, -0.2) is 46.1 Å². The highest BCUT2D eigenvalue weighted by molar-refractivity contribution is 5.59. The van der Waals surface area contributed by atoms with Gasteiger partial charge in [-0.15, -0.1) is 15.3 Å². The lowest BCUT2D eigenvalue weighted by Crippen LogP contribution is -2.42. The zero-order chi connectivity index (χ0) is 17.2. The number of aryl methyl sites for hydroxylation is 1. The first-order chi connectivity index (χ1) is 12.2. The molecule has 0 spiro atoms. The molecule has 1 N–H and O–H groups in total. The molecule has 0 aliphatic carbocycles. The standard InChI is InChI=1S/C18H22N6O/c1-13-20-21-18-10-9-17(22-24(13)18)19-14-6-5-11-23(12-14)15-7-3-4-8-16(15)25-2/h3-4,7-10,14H,5-6,11-12H2,1-2H3,(H,19,22). The van der Waals surface area contributed by atoms with E-state index in [0.717, 1.165) is 54.7 Å². The van der Waals surface area contributed by atoms with Crippen molar-refractivity contribution in [3.05, 3.63) is 42.2 Å². The van der Waals surface area contributed by atoms with Gasteiger partial charge in [-0.2, -0.15) is 4.52 Å². The predicted octanol–water partition coefficient (Wildman–Crippen LogP) is 2.52. The van der Waals surface area contributed by atoms with E-state index in [4.69, 9.17) is 4.74 Å². The number of fused-ring (bicyclic) bond motifs is 1. The van der Waals surface area contributed by atoms with Gasteiger partial charge in [0.05, 0.1) is 12.8 Å². The molecule has 0 radical (unpaired) electrons. The summed E-state index contributed by atoms with van der Waals surface area (Å²) in [6, 6.07) is 12.4. The fourth-order valence-electron chi connectivity index (χ4n) is 3.39. The van der Waals surface area contributed by atoms with E-state index in [2.05, 4.69) is 37.6 Å². The van der Waals surface area contributed by atoms with Crippen LogP contribution in [0, 0.1) is 6.92 Å². The first kappa shape index (κ1) is 15.7. The number of piperidine rings is 1. The van der Waals surface area contributed by atoms with Crippen LogP contribution < -0.4 is 15.0 Å². The van der Waals surface area contributed by atoms with Crippen molar-refractivity contribution in [2.45, 2.75) is 25.8 Å². The molecule has 1 aromatic carbocycles. The highest BCUT2D eigenvalue weighted by atomic mass is 16.5. The van der Waals surface area contributed by atoms with E-state index in [1.165, 1.54) is 0 Å². The lowest BCUT2D eigenvalue weighted by atomic mass is 10.0. The molecule has 0 saturated carbocycles. The molecule has 1 saturated heterocycles. The number of anilines is 2. The molecule has 3 heterocycles. The number of methoxy groups -OCH3 is 1. The minimum atomic E-state index is 0.334. The molecule has 1 atom stereocenters. The van der Waals surface area contributed by atoms with E-state index in [1.54, 1.807) is 11.6 Å². The Morgan fingerprint density at radius 2 is 2.04 bits per heavy atom. The molecule has 25 heavy (non-hydrogen) atoms. The van der Waals surface area contributed by atoms with E-state index in [1.807, 2.05) is 31.2 Å². The summed E-state index contributed by atoms with van der Waals surface area (Å²) in [5, 5.41) is 16.3. The molecule has 1 aliphatic heterocycles. The molecular formula is C18H22N6O. The maximum Gasteiger partial charge on any atom is 0.178 e. The van der Waals surface area contributed by atoms with Crippen LogP contribution in [0.25, 0.3) is 5.65 Å². The third kappa shape index (κ3) is 3.09. The van der Waals surface area contributed by atoms with E-state index in [-0.39, 0.29) is 0 Å². The van der Waals surface area contributed by atoms with Gasteiger partial charge in [0, 0.05) is 19.1 Å². The van der Waals surface area contributed by atoms with Crippen LogP contribution in [-0.2, 0) is 0 Å². The van der Waals surface area contributed by atoms with Crippen molar-refractivity contribution >= 4 is 17.2 Å². The molecule has 1 aliphatic rings. The molecule has 3 aromatic rings. The van der Waals surface area contributed by atoms with Gasteiger partial charge in [-0.1, -0.05) is 12.1 Å². The molecule has 2 aromatic heterocycles. The van der Waals surface area contributed by atoms with Gasteiger partial charge in [-0.05, 0) is 44.0 Å². The Morgan fingerprint density at radius 1 is 1.16 bits per heavy atom. The first-order valence-corrected chi connectivity index (χ1v) is 8.58. The van der Waals surface area contributed by atoms with Crippen molar-refractivity contribution < 1.29 is 4.74 Å². The minimum Gasteiger partial charge on any atom is -0.495 e. The topological polar surface area (TPSA) is 67.6 Å². The highest BCUT2D eigenvalue weighted by Crippen LogP contribution is 2.30. The van der Waals surface area contributed by atoms with Gasteiger partial charge in [-0.25, -0.2) is 0 Å². The summed E-state index contributed by atoms with van der Waals surface area (Å²) in [4.78, 5) is 2.38. The number of hydrogen-bond donors (Lipinski definition) is 1. The largest absolute Gasteiger partial charge is 0.495 e. The van der Waals surface area contributed by atoms with Crippen LogP contribution in [0.1, 0.15) is 18.7 Å². The normalized spacial score (nSPS) is 17.7. The Morgan fingerprint density at radius 3 is 2.92 bits per heavy atom. The van der Waals surface area contributed by atoms with Crippen LogP contribution in [0.15, 0.2) is 36.4 Å². The Bertz CT molecular complexity index is 877. The third-order valence-electron chi connectivity index (χ3n) is 4.62. The SMILES string of the molecule is COc1ccccc1N1CCCC(Nc2ccc3nnc(C)n3n2)C1. The van der Waals surface area contributed by atoms with Gasteiger partial charge in [0.15, 0.2) is 11.5 Å². The lowest BCUT2D eigenvalue weighted by Gasteiger charge is -2.35. The Labute approximate surface area is 146 Å². The summed E-state index contributed by atoms with van der Waals surface area (Å²) in [5.41, 5.74) is 1.91. The van der Waals surface area contributed by atoms with Gasteiger partial charge in [0.1, 0.15) is 11.6 Å². The molecule has 7 heteroatoms. The van der Waals surface area contributed by atoms with Crippen molar-refractivity contribution in [1.82, 2.24) is 19.8 Å². The number of nitrogens with one attached hydrogen (secondary N) is 1. The number of aromatic nitrogens is 4. The molecule has 1 unspecified atom stereocenters. The van der Waals surface area contributed by atoms with Gasteiger partial charge < -0.3 is 15.0 Å². The molecule has 0 amide bonds. The van der Waals surface area contributed by atoms with E-state index in [0.29, 0.717) is 6.04 Å². The quantitative estimate of drug-likeness (QED) is 0.788. The van der Waals surface area contributed by atoms with Crippen molar-refractivity contribution in [2.75, 3.05) is 30.4 Å². The monoisotopic (exact) mass is 338 g/mol. The minimum absolute atomic E-state index is 0.334. The summed E-state index contributed by atoms with van der Waals surface area (Å²) in [6.07, 6.45) is 2.25. The van der Waals surface area contributed by atoms with E-state index >= 15 is 0 Å². The van der Waals surface area contributed by atoms with Gasteiger partial charge >= 0.3 is 0 Å². The number of para-hydroxylation sites is 2. The van der Waals surface area contributed by atoms with Gasteiger partial charge in [0.2, 0.25) is 0 Å². The summed E-state index contributed by atoms with van der Waals surface area (Å²) >= 11 is 0. The van der Waals surface area contributed by atoms with Gasteiger partial charge in [0.25, 0.3) is 0 Å². The number of nitrogens with zero attached hydrogens (tertiary/aromatic N) is 5. The molecule has 7 nitrogen and oxygen atoms in total. The molecular weight excluding hydrogens is 316 g/mol.